The number of rotatable bonds is 4. The Balaban J connectivity index is 1.85. The summed E-state index contributed by atoms with van der Waals surface area (Å²) in [6.45, 7) is 4.72. The summed E-state index contributed by atoms with van der Waals surface area (Å²) >= 11 is 0. The summed E-state index contributed by atoms with van der Waals surface area (Å²) in [5, 5.41) is 1.10. The minimum atomic E-state index is -2.31. The predicted molar refractivity (Wildman–Crippen MR) is 87.5 cm³/mol. The standard InChI is InChI=1S/C17H26O4Si/c1-17(14-7-5-6-8-14)20-12-13-11-15(9-10-16(13)21-17)22(4,18-2)19-3/h9-11,14H,5-8,12H2,1-4H3. The monoisotopic (exact) mass is 322 g/mol. The molecule has 0 radical (unpaired) electrons. The number of fused-ring (bicyclic) bond motifs is 1. The quantitative estimate of drug-likeness (QED) is 0.798. The molecule has 0 amide bonds. The van der Waals surface area contributed by atoms with Crippen LogP contribution in [-0.2, 0) is 20.2 Å². The van der Waals surface area contributed by atoms with E-state index in [-0.39, 0.29) is 0 Å². The summed E-state index contributed by atoms with van der Waals surface area (Å²) in [4.78, 5) is 0. The minimum absolute atomic E-state index is 0.478. The van der Waals surface area contributed by atoms with Gasteiger partial charge in [0.2, 0.25) is 5.79 Å². The maximum Gasteiger partial charge on any atom is 0.368 e. The topological polar surface area (TPSA) is 36.9 Å². The maximum atomic E-state index is 6.25. The Morgan fingerprint density at radius 3 is 2.50 bits per heavy atom. The van der Waals surface area contributed by atoms with Crippen molar-refractivity contribution in [2.24, 2.45) is 5.92 Å². The second kappa shape index (κ2) is 5.96. The zero-order chi connectivity index (χ0) is 15.8. The van der Waals surface area contributed by atoms with Gasteiger partial charge in [-0.2, -0.15) is 0 Å². The molecule has 22 heavy (non-hydrogen) atoms. The molecule has 1 aromatic rings. The van der Waals surface area contributed by atoms with Crippen molar-refractivity contribution in [2.75, 3.05) is 14.2 Å². The van der Waals surface area contributed by atoms with Crippen LogP contribution in [0.25, 0.3) is 0 Å². The number of hydrogen-bond donors (Lipinski definition) is 0. The van der Waals surface area contributed by atoms with Crippen LogP contribution in [0.3, 0.4) is 0 Å². The molecule has 1 aliphatic heterocycles. The molecule has 1 atom stereocenters. The van der Waals surface area contributed by atoms with Crippen LogP contribution >= 0.6 is 0 Å². The number of ether oxygens (including phenoxy) is 2. The molecule has 0 spiro atoms. The van der Waals surface area contributed by atoms with Gasteiger partial charge in [-0.3, -0.25) is 0 Å². The summed E-state index contributed by atoms with van der Waals surface area (Å²) in [7, 11) is 1.11. The van der Waals surface area contributed by atoms with Crippen LogP contribution in [0, 0.1) is 5.92 Å². The van der Waals surface area contributed by atoms with E-state index in [1.807, 2.05) is 12.6 Å². The van der Waals surface area contributed by atoms with Gasteiger partial charge in [-0.15, -0.1) is 0 Å². The first-order valence-corrected chi connectivity index (χ1v) is 10.4. The summed E-state index contributed by atoms with van der Waals surface area (Å²) in [6.07, 6.45) is 4.96. The van der Waals surface area contributed by atoms with Crippen LogP contribution in [0.4, 0.5) is 0 Å². The first-order chi connectivity index (χ1) is 10.5. The third-order valence-corrected chi connectivity index (χ3v) is 8.21. The van der Waals surface area contributed by atoms with Crippen LogP contribution in [0.15, 0.2) is 18.2 Å². The Kier molecular flexibility index (Phi) is 4.33. The zero-order valence-electron chi connectivity index (χ0n) is 14.0. The molecule has 0 bridgehead atoms. The molecule has 1 heterocycles. The van der Waals surface area contributed by atoms with Crippen molar-refractivity contribution >= 4 is 13.7 Å². The Bertz CT molecular complexity index is 537. The molecule has 1 saturated carbocycles. The highest BCUT2D eigenvalue weighted by atomic mass is 28.4. The van der Waals surface area contributed by atoms with Gasteiger partial charge in [-0.1, -0.05) is 18.9 Å². The molecular weight excluding hydrogens is 296 g/mol. The number of hydrogen-bond acceptors (Lipinski definition) is 4. The average molecular weight is 322 g/mol. The van der Waals surface area contributed by atoms with Gasteiger partial charge >= 0.3 is 8.56 Å². The van der Waals surface area contributed by atoms with Gasteiger partial charge < -0.3 is 18.3 Å². The fourth-order valence-corrected chi connectivity index (χ4v) is 4.97. The van der Waals surface area contributed by atoms with Crippen LogP contribution in [-0.4, -0.2) is 28.6 Å². The Morgan fingerprint density at radius 2 is 1.86 bits per heavy atom. The van der Waals surface area contributed by atoms with E-state index >= 15 is 0 Å². The SMILES string of the molecule is CO[Si](C)(OC)c1ccc2c(c1)COC(C)(C1CCCC1)O2. The normalized spacial score (nSPS) is 25.8. The lowest BCUT2D eigenvalue weighted by atomic mass is 9.97. The highest BCUT2D eigenvalue weighted by molar-refractivity contribution is 6.79. The van der Waals surface area contributed by atoms with E-state index in [2.05, 4.69) is 19.1 Å². The van der Waals surface area contributed by atoms with Gasteiger partial charge in [0.25, 0.3) is 0 Å². The van der Waals surface area contributed by atoms with E-state index in [9.17, 15) is 0 Å². The third-order valence-electron chi connectivity index (χ3n) is 5.29. The van der Waals surface area contributed by atoms with E-state index in [4.69, 9.17) is 18.3 Å². The molecule has 122 valence electrons. The Morgan fingerprint density at radius 1 is 1.18 bits per heavy atom. The van der Waals surface area contributed by atoms with Crippen LogP contribution in [0.1, 0.15) is 38.2 Å². The van der Waals surface area contributed by atoms with Crippen molar-refractivity contribution < 1.29 is 18.3 Å². The average Bonchev–Trinajstić information content (AvgIpc) is 3.09. The summed E-state index contributed by atoms with van der Waals surface area (Å²) in [5.74, 6) is 0.958. The molecule has 4 nitrogen and oxygen atoms in total. The smallest absolute Gasteiger partial charge is 0.368 e. The number of benzene rings is 1. The molecular formula is C17H26O4Si. The van der Waals surface area contributed by atoms with Gasteiger partial charge in [-0.05, 0) is 36.7 Å². The summed E-state index contributed by atoms with van der Waals surface area (Å²) in [5.41, 5.74) is 1.08. The molecule has 1 fully saturated rings. The van der Waals surface area contributed by atoms with E-state index in [1.54, 1.807) is 14.2 Å². The minimum Gasteiger partial charge on any atom is -0.462 e. The van der Waals surface area contributed by atoms with Crippen molar-refractivity contribution in [3.63, 3.8) is 0 Å². The first-order valence-electron chi connectivity index (χ1n) is 8.07. The lowest BCUT2D eigenvalue weighted by Gasteiger charge is -2.40. The van der Waals surface area contributed by atoms with Crippen LogP contribution in [0.2, 0.25) is 6.55 Å². The second-order valence-corrected chi connectivity index (χ2v) is 9.85. The second-order valence-electron chi connectivity index (χ2n) is 6.56. The largest absolute Gasteiger partial charge is 0.462 e. The van der Waals surface area contributed by atoms with Gasteiger partial charge in [0.15, 0.2) is 0 Å². The van der Waals surface area contributed by atoms with Crippen molar-refractivity contribution in [3.8, 4) is 5.75 Å². The summed E-state index contributed by atoms with van der Waals surface area (Å²) in [6, 6.07) is 6.23. The van der Waals surface area contributed by atoms with E-state index in [1.165, 1.54) is 25.7 Å². The van der Waals surface area contributed by atoms with Crippen LogP contribution in [0.5, 0.6) is 5.75 Å². The molecule has 1 aliphatic carbocycles. The van der Waals surface area contributed by atoms with Crippen molar-refractivity contribution in [1.82, 2.24) is 0 Å². The maximum absolute atomic E-state index is 6.25. The highest BCUT2D eigenvalue weighted by Gasteiger charge is 2.42. The fourth-order valence-electron chi connectivity index (χ4n) is 3.51. The van der Waals surface area contributed by atoms with Crippen molar-refractivity contribution in [1.29, 1.82) is 0 Å². The molecule has 3 rings (SSSR count). The van der Waals surface area contributed by atoms with Gasteiger partial charge in [0.05, 0.1) is 6.61 Å². The van der Waals surface area contributed by atoms with Gasteiger partial charge in [-0.25, -0.2) is 0 Å². The lowest BCUT2D eigenvalue weighted by molar-refractivity contribution is -0.224. The molecule has 0 saturated heterocycles. The predicted octanol–water partition coefficient (Wildman–Crippen LogP) is 3.07. The van der Waals surface area contributed by atoms with Crippen molar-refractivity contribution in [3.05, 3.63) is 23.8 Å². The molecule has 0 N–H and O–H groups in total. The van der Waals surface area contributed by atoms with E-state index in [0.717, 1.165) is 16.5 Å². The fraction of sp³-hybridized carbons (Fsp3) is 0.647. The molecule has 1 unspecified atom stereocenters. The first kappa shape index (κ1) is 16.0. The highest BCUT2D eigenvalue weighted by Crippen LogP contribution is 2.41. The third kappa shape index (κ3) is 2.71. The van der Waals surface area contributed by atoms with E-state index < -0.39 is 14.3 Å². The molecule has 2 aliphatic rings. The van der Waals surface area contributed by atoms with Crippen molar-refractivity contribution in [2.45, 2.75) is 51.5 Å². The molecule has 5 heteroatoms. The van der Waals surface area contributed by atoms with Gasteiger partial charge in [0.1, 0.15) is 5.75 Å². The summed E-state index contributed by atoms with van der Waals surface area (Å²) < 4.78 is 23.6. The Hall–Kier alpha value is -0.883. The lowest BCUT2D eigenvalue weighted by Crippen LogP contribution is -2.50. The molecule has 0 aromatic heterocycles. The van der Waals surface area contributed by atoms with Gasteiger partial charge in [0, 0.05) is 32.6 Å². The zero-order valence-corrected chi connectivity index (χ0v) is 15.0. The Labute approximate surface area is 134 Å². The van der Waals surface area contributed by atoms with E-state index in [0.29, 0.717) is 12.5 Å². The molecule has 1 aromatic carbocycles. The van der Waals surface area contributed by atoms with Crippen LogP contribution < -0.4 is 9.92 Å².